The fourth-order valence-electron chi connectivity index (χ4n) is 2.44. The smallest absolute Gasteiger partial charge is 0.320 e. The molecule has 2 aliphatic rings. The van der Waals surface area contributed by atoms with Crippen molar-refractivity contribution < 1.29 is 9.21 Å². The quantitative estimate of drug-likeness (QED) is 0.751. The van der Waals surface area contributed by atoms with Crippen LogP contribution < -0.4 is 0 Å². The van der Waals surface area contributed by atoms with Crippen LogP contribution in [0.5, 0.6) is 0 Å². The summed E-state index contributed by atoms with van der Waals surface area (Å²) in [6, 6.07) is 0.248. The van der Waals surface area contributed by atoms with Crippen molar-refractivity contribution in [3.63, 3.8) is 0 Å². The van der Waals surface area contributed by atoms with E-state index >= 15 is 0 Å². The fraction of sp³-hybridized carbons (Fsp3) is 0.455. The van der Waals surface area contributed by atoms with E-state index in [1.807, 2.05) is 16.7 Å². The third-order valence-electron chi connectivity index (χ3n) is 3.23. The van der Waals surface area contributed by atoms with E-state index in [0.717, 1.165) is 24.4 Å². The Bertz CT molecular complexity index is 438. The van der Waals surface area contributed by atoms with Crippen LogP contribution in [0.1, 0.15) is 12.7 Å². The van der Waals surface area contributed by atoms with Crippen LogP contribution in [0.3, 0.4) is 0 Å². The molecule has 84 valence electrons. The molecule has 1 saturated heterocycles. The van der Waals surface area contributed by atoms with E-state index in [0.29, 0.717) is 6.54 Å². The highest BCUT2D eigenvalue weighted by molar-refractivity contribution is 5.84. The summed E-state index contributed by atoms with van der Waals surface area (Å²) in [6.07, 6.45) is 5.19. The first-order chi connectivity index (χ1) is 7.81. The predicted octanol–water partition coefficient (Wildman–Crippen LogP) is 1.20. The number of carbonyl (C=O) groups is 1. The summed E-state index contributed by atoms with van der Waals surface area (Å²) in [6.45, 7) is 4.16. The SMILES string of the molecule is CCN1C(=O)N2CC=C(c3cnco3)C1C2. The normalized spacial score (nSPS) is 23.9. The third kappa shape index (κ3) is 1.17. The maximum absolute atomic E-state index is 11.9. The zero-order valence-corrected chi connectivity index (χ0v) is 9.09. The molecule has 0 spiro atoms. The van der Waals surface area contributed by atoms with E-state index in [2.05, 4.69) is 11.1 Å². The van der Waals surface area contributed by atoms with Gasteiger partial charge in [-0.1, -0.05) is 6.08 Å². The van der Waals surface area contributed by atoms with Crippen LogP contribution in [0.2, 0.25) is 0 Å². The van der Waals surface area contributed by atoms with Crippen LogP contribution in [0.15, 0.2) is 23.1 Å². The summed E-state index contributed by atoms with van der Waals surface area (Å²) in [5.74, 6) is 0.776. The molecule has 1 aromatic heterocycles. The molecule has 0 aliphatic carbocycles. The van der Waals surface area contributed by atoms with Gasteiger partial charge in [0.2, 0.25) is 0 Å². The van der Waals surface area contributed by atoms with Crippen molar-refractivity contribution in [2.75, 3.05) is 19.6 Å². The second-order valence-electron chi connectivity index (χ2n) is 4.01. The number of aromatic nitrogens is 1. The minimum absolute atomic E-state index is 0.123. The van der Waals surface area contributed by atoms with Gasteiger partial charge in [-0.15, -0.1) is 0 Å². The monoisotopic (exact) mass is 219 g/mol. The summed E-state index contributed by atoms with van der Waals surface area (Å²) < 4.78 is 5.32. The van der Waals surface area contributed by atoms with Gasteiger partial charge >= 0.3 is 6.03 Å². The molecule has 1 aromatic rings. The molecule has 0 radical (unpaired) electrons. The standard InChI is InChI=1S/C11H13N3O2/c1-2-14-9-6-13(11(14)15)4-3-8(9)10-5-12-7-16-10/h3,5,7,9H,2,4,6H2,1H3. The van der Waals surface area contributed by atoms with Crippen molar-refractivity contribution >= 4 is 11.6 Å². The predicted molar refractivity (Wildman–Crippen MR) is 57.6 cm³/mol. The Labute approximate surface area is 93.3 Å². The van der Waals surface area contributed by atoms with Crippen molar-refractivity contribution in [1.29, 1.82) is 0 Å². The molecule has 3 heterocycles. The molecule has 2 bridgehead atoms. The molecule has 0 N–H and O–H groups in total. The lowest BCUT2D eigenvalue weighted by Crippen LogP contribution is -2.33. The van der Waals surface area contributed by atoms with Gasteiger partial charge in [0.05, 0.1) is 12.2 Å². The summed E-state index contributed by atoms with van der Waals surface area (Å²) in [4.78, 5) is 19.6. The second kappa shape index (κ2) is 3.37. The average molecular weight is 219 g/mol. The minimum atomic E-state index is 0.123. The summed E-state index contributed by atoms with van der Waals surface area (Å²) >= 11 is 0. The number of urea groups is 1. The topological polar surface area (TPSA) is 49.6 Å². The molecular weight excluding hydrogens is 206 g/mol. The van der Waals surface area contributed by atoms with E-state index in [1.165, 1.54) is 6.39 Å². The summed E-state index contributed by atoms with van der Waals surface area (Å²) in [7, 11) is 0. The molecule has 2 amide bonds. The van der Waals surface area contributed by atoms with Crippen molar-refractivity contribution in [3.05, 3.63) is 24.4 Å². The van der Waals surface area contributed by atoms with Crippen LogP contribution in [0.4, 0.5) is 4.79 Å². The fourth-order valence-corrected chi connectivity index (χ4v) is 2.44. The largest absolute Gasteiger partial charge is 0.444 e. The maximum atomic E-state index is 11.9. The number of hydrogen-bond acceptors (Lipinski definition) is 3. The van der Waals surface area contributed by atoms with Gasteiger partial charge in [0.15, 0.2) is 12.2 Å². The van der Waals surface area contributed by atoms with Crippen molar-refractivity contribution in [2.45, 2.75) is 13.0 Å². The molecule has 1 fully saturated rings. The molecule has 2 aliphatic heterocycles. The highest BCUT2D eigenvalue weighted by Gasteiger charge is 2.41. The van der Waals surface area contributed by atoms with Gasteiger partial charge in [0.25, 0.3) is 0 Å². The van der Waals surface area contributed by atoms with Crippen molar-refractivity contribution in [1.82, 2.24) is 14.8 Å². The Hall–Kier alpha value is -1.78. The lowest BCUT2D eigenvalue weighted by molar-refractivity contribution is 0.196. The van der Waals surface area contributed by atoms with Crippen molar-refractivity contribution in [3.8, 4) is 0 Å². The number of likely N-dealkylation sites (N-methyl/N-ethyl adjacent to an activating group) is 1. The number of carbonyl (C=O) groups excluding carboxylic acids is 1. The maximum Gasteiger partial charge on any atom is 0.320 e. The molecular formula is C11H13N3O2. The van der Waals surface area contributed by atoms with E-state index < -0.39 is 0 Å². The first-order valence-electron chi connectivity index (χ1n) is 5.45. The Balaban J connectivity index is 1.98. The Morgan fingerprint density at radius 3 is 3.19 bits per heavy atom. The van der Waals surface area contributed by atoms with E-state index in [1.54, 1.807) is 6.20 Å². The minimum Gasteiger partial charge on any atom is -0.444 e. The molecule has 16 heavy (non-hydrogen) atoms. The van der Waals surface area contributed by atoms with Gasteiger partial charge in [-0.05, 0) is 6.92 Å². The summed E-state index contributed by atoms with van der Waals surface area (Å²) in [5, 5.41) is 0. The van der Waals surface area contributed by atoms with Gasteiger partial charge in [-0.25, -0.2) is 9.78 Å². The van der Waals surface area contributed by atoms with Crippen LogP contribution in [-0.4, -0.2) is 46.5 Å². The lowest BCUT2D eigenvalue weighted by Gasteiger charge is -2.23. The summed E-state index contributed by atoms with van der Waals surface area (Å²) in [5.41, 5.74) is 1.08. The van der Waals surface area contributed by atoms with Crippen molar-refractivity contribution in [2.24, 2.45) is 0 Å². The molecule has 1 atom stereocenters. The van der Waals surface area contributed by atoms with Crippen LogP contribution >= 0.6 is 0 Å². The van der Waals surface area contributed by atoms with E-state index in [9.17, 15) is 4.79 Å². The highest BCUT2D eigenvalue weighted by Crippen LogP contribution is 2.31. The number of hydrogen-bond donors (Lipinski definition) is 0. The molecule has 1 unspecified atom stereocenters. The molecule has 0 aromatic carbocycles. The van der Waals surface area contributed by atoms with Gasteiger partial charge < -0.3 is 14.2 Å². The molecule has 5 nitrogen and oxygen atoms in total. The number of rotatable bonds is 2. The number of fused-ring (bicyclic) bond motifs is 2. The number of nitrogens with zero attached hydrogens (tertiary/aromatic N) is 3. The second-order valence-corrected chi connectivity index (χ2v) is 4.01. The Morgan fingerprint density at radius 1 is 1.62 bits per heavy atom. The first-order valence-corrected chi connectivity index (χ1v) is 5.45. The average Bonchev–Trinajstić information content (AvgIpc) is 2.89. The zero-order valence-electron chi connectivity index (χ0n) is 9.09. The van der Waals surface area contributed by atoms with Gasteiger partial charge in [-0.2, -0.15) is 0 Å². The van der Waals surface area contributed by atoms with Crippen LogP contribution in [-0.2, 0) is 0 Å². The third-order valence-corrected chi connectivity index (χ3v) is 3.23. The zero-order chi connectivity index (χ0) is 11.1. The van der Waals surface area contributed by atoms with E-state index in [-0.39, 0.29) is 12.1 Å². The van der Waals surface area contributed by atoms with Gasteiger partial charge in [0, 0.05) is 25.2 Å². The van der Waals surface area contributed by atoms with Gasteiger partial charge in [-0.3, -0.25) is 0 Å². The Morgan fingerprint density at radius 2 is 2.50 bits per heavy atom. The number of amides is 2. The first kappa shape index (κ1) is 9.45. The highest BCUT2D eigenvalue weighted by atomic mass is 16.3. The van der Waals surface area contributed by atoms with E-state index in [4.69, 9.17) is 4.42 Å². The van der Waals surface area contributed by atoms with Gasteiger partial charge in [0.1, 0.15) is 0 Å². The van der Waals surface area contributed by atoms with Crippen LogP contribution in [0.25, 0.3) is 5.57 Å². The molecule has 5 heteroatoms. The molecule has 3 rings (SSSR count). The molecule has 0 saturated carbocycles. The number of oxazole rings is 1. The lowest BCUT2D eigenvalue weighted by atomic mass is 10.0. The Kier molecular flexibility index (Phi) is 1.99. The van der Waals surface area contributed by atoms with Crippen LogP contribution in [0, 0.1) is 0 Å².